The van der Waals surface area contributed by atoms with E-state index in [1.165, 1.54) is 0 Å². The highest BCUT2D eigenvalue weighted by molar-refractivity contribution is 5.46. The Morgan fingerprint density at radius 3 is 2.50 bits per heavy atom. The highest BCUT2D eigenvalue weighted by Crippen LogP contribution is 2.18. The molecule has 0 spiro atoms. The molecule has 0 saturated heterocycles. The Morgan fingerprint density at radius 1 is 1.31 bits per heavy atom. The van der Waals surface area contributed by atoms with Gasteiger partial charge in [0.2, 0.25) is 5.75 Å². The molecule has 1 aromatic heterocycles. The molecule has 16 heavy (non-hydrogen) atoms. The van der Waals surface area contributed by atoms with Gasteiger partial charge in [0.25, 0.3) is 0 Å². The fraction of sp³-hybridized carbons (Fsp3) is 0.125. The van der Waals surface area contributed by atoms with Crippen molar-refractivity contribution in [3.63, 3.8) is 0 Å². The molecule has 0 saturated carbocycles. The van der Waals surface area contributed by atoms with Crippen LogP contribution >= 0.6 is 0 Å². The van der Waals surface area contributed by atoms with Crippen molar-refractivity contribution in [1.29, 1.82) is 0 Å². The van der Waals surface area contributed by atoms with E-state index in [-0.39, 0.29) is 5.75 Å². The van der Waals surface area contributed by atoms with Crippen molar-refractivity contribution in [1.82, 2.24) is 0 Å². The van der Waals surface area contributed by atoms with Gasteiger partial charge in [-0.05, 0) is 18.2 Å². The van der Waals surface area contributed by atoms with Crippen LogP contribution in [-0.4, -0.2) is 5.11 Å². The van der Waals surface area contributed by atoms with Crippen molar-refractivity contribution in [2.24, 2.45) is 0 Å². The number of aromatic nitrogens is 1. The largest absolute Gasteiger partial charge is 0.501 e. The van der Waals surface area contributed by atoms with Crippen LogP contribution in [0.4, 0.5) is 5.82 Å². The van der Waals surface area contributed by atoms with Gasteiger partial charge >= 0.3 is 5.82 Å². The molecule has 8 heteroatoms. The van der Waals surface area contributed by atoms with Gasteiger partial charge in [-0.1, -0.05) is 0 Å². The number of anilines is 1. The third-order valence-corrected chi connectivity index (χ3v) is 1.69. The van der Waals surface area contributed by atoms with Gasteiger partial charge < -0.3 is 5.11 Å². The van der Waals surface area contributed by atoms with Crippen LogP contribution in [0.25, 0.3) is 0 Å². The van der Waals surface area contributed by atoms with Crippen LogP contribution in [0.3, 0.4) is 0 Å². The second-order valence-corrected chi connectivity index (χ2v) is 3.57. The molecule has 88 valence electrons. The third-order valence-electron chi connectivity index (χ3n) is 1.69. The molecular formula is C8H9ClN2O5. The van der Waals surface area contributed by atoms with Gasteiger partial charge in [0.1, 0.15) is 6.54 Å². The van der Waals surface area contributed by atoms with Crippen molar-refractivity contribution < 1.29 is 38.6 Å². The van der Waals surface area contributed by atoms with Gasteiger partial charge in [0.05, 0.1) is 12.4 Å². The molecule has 2 heterocycles. The van der Waals surface area contributed by atoms with Crippen molar-refractivity contribution in [3.8, 4) is 5.75 Å². The molecule has 0 radical (unpaired) electrons. The second kappa shape index (κ2) is 5.10. The van der Waals surface area contributed by atoms with Crippen molar-refractivity contribution in [3.05, 3.63) is 30.6 Å². The molecule has 1 aliphatic heterocycles. The Morgan fingerprint density at radius 2 is 1.94 bits per heavy atom. The molecule has 1 aliphatic rings. The number of fused-ring (bicyclic) bond motifs is 1. The summed E-state index contributed by atoms with van der Waals surface area (Å²) >= 11 is 0. The average molecular weight is 249 g/mol. The van der Waals surface area contributed by atoms with Crippen LogP contribution in [0.5, 0.6) is 5.75 Å². The van der Waals surface area contributed by atoms with Crippen molar-refractivity contribution in [2.75, 3.05) is 5.32 Å². The van der Waals surface area contributed by atoms with Crippen molar-refractivity contribution in [2.45, 2.75) is 6.54 Å². The third kappa shape index (κ3) is 4.43. The lowest BCUT2D eigenvalue weighted by Crippen LogP contribution is -2.68. The van der Waals surface area contributed by atoms with Crippen LogP contribution in [0.2, 0.25) is 0 Å². The highest BCUT2D eigenvalue weighted by Gasteiger charge is 2.14. The average Bonchev–Trinajstić information content (AvgIpc) is 2.16. The van der Waals surface area contributed by atoms with Crippen LogP contribution < -0.4 is 28.5 Å². The maximum atomic E-state index is 9.34. The number of aromatic hydroxyl groups is 1. The lowest BCUT2D eigenvalue weighted by molar-refractivity contribution is -2.00. The molecule has 2 N–H and O–H groups in total. The standard InChI is InChI=1S/C8H8N2O.ClHO4/c11-7-3-1-5-10-6-2-4-9-8(7)10;2-1(3,4)5/h1-5,11H,6H2;(H,2,3,4,5). The van der Waals surface area contributed by atoms with Crippen LogP contribution in [0.15, 0.2) is 30.6 Å². The van der Waals surface area contributed by atoms with E-state index in [2.05, 4.69) is 5.32 Å². The number of nitrogens with zero attached hydrogens (tertiary/aromatic N) is 1. The first kappa shape index (κ1) is 12.7. The minimum atomic E-state index is -4.94. The maximum absolute atomic E-state index is 9.34. The molecule has 0 fully saturated rings. The lowest BCUT2D eigenvalue weighted by atomic mass is 10.3. The fourth-order valence-corrected chi connectivity index (χ4v) is 1.15. The van der Waals surface area contributed by atoms with Crippen LogP contribution in [0.1, 0.15) is 0 Å². The van der Waals surface area contributed by atoms with E-state index in [0.717, 1.165) is 12.4 Å². The van der Waals surface area contributed by atoms with E-state index < -0.39 is 10.2 Å². The van der Waals surface area contributed by atoms with Gasteiger partial charge in [-0.3, -0.25) is 0 Å². The SMILES string of the molecule is Oc1ccc[n+]2c1NC=CC2.[O-][Cl+3]([O-])([O-])[O-]. The normalized spacial score (nSPS) is 13.2. The smallest absolute Gasteiger partial charge is 0.322 e. The summed E-state index contributed by atoms with van der Waals surface area (Å²) < 4.78 is 35.9. The van der Waals surface area contributed by atoms with E-state index in [9.17, 15) is 5.11 Å². The Labute approximate surface area is 93.2 Å². The van der Waals surface area contributed by atoms with Gasteiger partial charge in [-0.2, -0.15) is 0 Å². The Hall–Kier alpha value is -1.38. The Balaban J connectivity index is 0.000000221. The maximum Gasteiger partial charge on any atom is 0.322 e. The molecule has 0 aromatic carbocycles. The molecule has 0 aliphatic carbocycles. The summed E-state index contributed by atoms with van der Waals surface area (Å²) in [5.41, 5.74) is 0. The number of hydrogen-bond acceptors (Lipinski definition) is 6. The number of allylic oxidation sites excluding steroid dienone is 1. The zero-order valence-electron chi connectivity index (χ0n) is 8.00. The zero-order chi connectivity index (χ0) is 12.2. The highest BCUT2D eigenvalue weighted by atomic mass is 35.7. The summed E-state index contributed by atoms with van der Waals surface area (Å²) in [6, 6.07) is 3.48. The predicted octanol–water partition coefficient (Wildman–Crippen LogP) is -4.14. The molecule has 0 amide bonds. The predicted molar refractivity (Wildman–Crippen MR) is 41.1 cm³/mol. The fourth-order valence-electron chi connectivity index (χ4n) is 1.15. The summed E-state index contributed by atoms with van der Waals surface area (Å²) in [5, 5.41) is 12.3. The van der Waals surface area contributed by atoms with E-state index >= 15 is 0 Å². The van der Waals surface area contributed by atoms with Gasteiger partial charge in [-0.15, -0.1) is 10.2 Å². The Bertz CT molecular complexity index is 385. The van der Waals surface area contributed by atoms with Crippen molar-refractivity contribution >= 4 is 5.82 Å². The van der Waals surface area contributed by atoms with E-state index in [1.54, 1.807) is 6.07 Å². The molecule has 0 bridgehead atoms. The second-order valence-electron chi connectivity index (χ2n) is 2.82. The zero-order valence-corrected chi connectivity index (χ0v) is 8.76. The molecular weight excluding hydrogens is 240 g/mol. The number of hydrogen-bond donors (Lipinski definition) is 2. The van der Waals surface area contributed by atoms with Gasteiger partial charge in [0, 0.05) is 0 Å². The number of halogens is 1. The van der Waals surface area contributed by atoms with E-state index in [0.29, 0.717) is 0 Å². The minimum Gasteiger partial charge on any atom is -0.501 e. The van der Waals surface area contributed by atoms with E-state index in [1.807, 2.05) is 29.1 Å². The van der Waals surface area contributed by atoms with Gasteiger partial charge in [-0.25, -0.2) is 28.5 Å². The summed E-state index contributed by atoms with van der Waals surface area (Å²) in [7, 11) is -4.94. The number of rotatable bonds is 0. The lowest BCUT2D eigenvalue weighted by Gasteiger charge is -2.17. The quantitative estimate of drug-likeness (QED) is 0.449. The molecule has 2 rings (SSSR count). The Kier molecular flexibility index (Phi) is 4.05. The van der Waals surface area contributed by atoms with Gasteiger partial charge in [0.15, 0.2) is 0 Å². The first-order valence-electron chi connectivity index (χ1n) is 4.12. The van der Waals surface area contributed by atoms with Crippen LogP contribution in [0, 0.1) is 10.2 Å². The summed E-state index contributed by atoms with van der Waals surface area (Å²) in [5.74, 6) is 1.05. The first-order valence-corrected chi connectivity index (χ1v) is 5.36. The first-order chi connectivity index (χ1) is 7.38. The number of nitrogens with one attached hydrogen (secondary N) is 1. The summed E-state index contributed by atoms with van der Waals surface area (Å²) in [4.78, 5) is 0. The molecule has 0 atom stereocenters. The molecule has 7 nitrogen and oxygen atoms in total. The summed E-state index contributed by atoms with van der Waals surface area (Å²) in [6.45, 7) is 0.816. The minimum absolute atomic E-state index is 0.289. The molecule has 0 unspecified atom stereocenters. The molecule has 1 aromatic rings. The topological polar surface area (TPSA) is 128 Å². The monoisotopic (exact) mass is 248 g/mol. The van der Waals surface area contributed by atoms with E-state index in [4.69, 9.17) is 18.6 Å². The summed E-state index contributed by atoms with van der Waals surface area (Å²) in [6.07, 6.45) is 5.74. The van der Waals surface area contributed by atoms with Crippen LogP contribution in [-0.2, 0) is 6.54 Å². The number of pyridine rings is 1.